The maximum Gasteiger partial charge on any atom is 0.272 e. The van der Waals surface area contributed by atoms with Crippen molar-refractivity contribution in [3.63, 3.8) is 0 Å². The van der Waals surface area contributed by atoms with Crippen molar-refractivity contribution in [1.82, 2.24) is 5.32 Å². The van der Waals surface area contributed by atoms with E-state index in [0.717, 1.165) is 23.3 Å². The standard InChI is InChI=1S/C30H31F2N3O4/c1-18(2)13-24(26(36)17-39-22-15-20(31)14-21(32)16-22)29(37)34-28-30(38)35(3)25-12-8-7-11-23(25)27(33-28)19-9-5-4-6-10-19/h4-12,14-16,18,24,26,28,36H,13,17H2,1-3H3,(H,34,37). The van der Waals surface area contributed by atoms with Gasteiger partial charge in [-0.05, 0) is 18.4 Å². The molecule has 39 heavy (non-hydrogen) atoms. The summed E-state index contributed by atoms with van der Waals surface area (Å²) in [5.41, 5.74) is 2.72. The van der Waals surface area contributed by atoms with Gasteiger partial charge in [0.25, 0.3) is 5.91 Å². The zero-order chi connectivity index (χ0) is 28.1. The zero-order valence-corrected chi connectivity index (χ0v) is 22.0. The van der Waals surface area contributed by atoms with E-state index in [-0.39, 0.29) is 24.7 Å². The fourth-order valence-electron chi connectivity index (χ4n) is 4.54. The van der Waals surface area contributed by atoms with Gasteiger partial charge >= 0.3 is 0 Å². The van der Waals surface area contributed by atoms with E-state index in [9.17, 15) is 23.5 Å². The fraction of sp³-hybridized carbons (Fsp3) is 0.300. The number of likely N-dealkylation sites (N-methyl/N-ethyl adjacent to an activating group) is 1. The molecule has 7 nitrogen and oxygen atoms in total. The highest BCUT2D eigenvalue weighted by Crippen LogP contribution is 2.27. The first-order valence-electron chi connectivity index (χ1n) is 12.7. The molecule has 0 aromatic heterocycles. The largest absolute Gasteiger partial charge is 0.491 e. The Morgan fingerprint density at radius 3 is 2.36 bits per heavy atom. The van der Waals surface area contributed by atoms with Crippen molar-refractivity contribution in [1.29, 1.82) is 0 Å². The molecule has 3 unspecified atom stereocenters. The predicted octanol–water partition coefficient (Wildman–Crippen LogP) is 4.32. The molecule has 0 fully saturated rings. The van der Waals surface area contributed by atoms with Crippen LogP contribution in [0.3, 0.4) is 0 Å². The number of carbonyl (C=O) groups is 2. The van der Waals surface area contributed by atoms with Crippen LogP contribution in [-0.2, 0) is 9.59 Å². The van der Waals surface area contributed by atoms with Crippen LogP contribution in [0.25, 0.3) is 0 Å². The number of aliphatic imine (C=N–C) groups is 1. The molecule has 2 amide bonds. The maximum absolute atomic E-state index is 13.5. The number of aliphatic hydroxyl groups excluding tert-OH is 1. The van der Waals surface area contributed by atoms with Gasteiger partial charge in [0.05, 0.1) is 23.4 Å². The second-order valence-electron chi connectivity index (χ2n) is 9.89. The van der Waals surface area contributed by atoms with E-state index >= 15 is 0 Å². The molecule has 4 rings (SSSR count). The molecule has 3 atom stereocenters. The Bertz CT molecular complexity index is 1340. The number of hydrogen-bond acceptors (Lipinski definition) is 5. The van der Waals surface area contributed by atoms with Gasteiger partial charge in [-0.25, -0.2) is 13.8 Å². The van der Waals surface area contributed by atoms with Crippen LogP contribution in [0.1, 0.15) is 31.4 Å². The van der Waals surface area contributed by atoms with Gasteiger partial charge in [-0.2, -0.15) is 0 Å². The molecule has 0 spiro atoms. The molecule has 0 saturated carbocycles. The molecular weight excluding hydrogens is 504 g/mol. The molecule has 0 aliphatic carbocycles. The Hall–Kier alpha value is -4.11. The number of aliphatic hydroxyl groups is 1. The van der Waals surface area contributed by atoms with Crippen molar-refractivity contribution in [3.8, 4) is 5.75 Å². The molecule has 1 aliphatic heterocycles. The summed E-state index contributed by atoms with van der Waals surface area (Å²) < 4.78 is 32.5. The van der Waals surface area contributed by atoms with Gasteiger partial charge in [-0.1, -0.05) is 62.4 Å². The van der Waals surface area contributed by atoms with Crippen molar-refractivity contribution < 1.29 is 28.2 Å². The topological polar surface area (TPSA) is 91.2 Å². The van der Waals surface area contributed by atoms with Crippen molar-refractivity contribution in [3.05, 3.63) is 95.6 Å². The number of rotatable bonds is 9. The summed E-state index contributed by atoms with van der Waals surface area (Å²) >= 11 is 0. The Morgan fingerprint density at radius 2 is 1.69 bits per heavy atom. The van der Waals surface area contributed by atoms with Crippen molar-refractivity contribution in [2.24, 2.45) is 16.8 Å². The molecule has 1 aliphatic rings. The number of benzene rings is 3. The highest BCUT2D eigenvalue weighted by Gasteiger charge is 2.35. The average molecular weight is 536 g/mol. The van der Waals surface area contributed by atoms with Crippen molar-refractivity contribution >= 4 is 23.2 Å². The average Bonchev–Trinajstić information content (AvgIpc) is 3.01. The van der Waals surface area contributed by atoms with Gasteiger partial charge in [0.2, 0.25) is 12.1 Å². The van der Waals surface area contributed by atoms with Gasteiger partial charge < -0.3 is 20.1 Å². The lowest BCUT2D eigenvalue weighted by Crippen LogP contribution is -2.50. The lowest BCUT2D eigenvalue weighted by molar-refractivity contribution is -0.133. The highest BCUT2D eigenvalue weighted by atomic mass is 19.1. The normalized spacial score (nSPS) is 16.7. The molecule has 1 heterocycles. The minimum atomic E-state index is -1.31. The lowest BCUT2D eigenvalue weighted by Gasteiger charge is -2.26. The van der Waals surface area contributed by atoms with Gasteiger partial charge in [-0.15, -0.1) is 0 Å². The lowest BCUT2D eigenvalue weighted by atomic mass is 9.91. The number of para-hydroxylation sites is 1. The highest BCUT2D eigenvalue weighted by molar-refractivity contribution is 6.20. The number of hydrogen-bond donors (Lipinski definition) is 2. The first-order valence-corrected chi connectivity index (χ1v) is 12.7. The van der Waals surface area contributed by atoms with Crippen LogP contribution in [-0.4, -0.2) is 48.6 Å². The third-order valence-electron chi connectivity index (χ3n) is 6.45. The first-order chi connectivity index (χ1) is 18.6. The van der Waals surface area contributed by atoms with Gasteiger partial charge in [-0.3, -0.25) is 9.59 Å². The number of anilines is 1. The summed E-state index contributed by atoms with van der Waals surface area (Å²) in [6.45, 7) is 3.40. The van der Waals surface area contributed by atoms with Crippen LogP contribution in [0.4, 0.5) is 14.5 Å². The number of fused-ring (bicyclic) bond motifs is 1. The molecule has 3 aromatic rings. The number of nitrogens with zero attached hydrogens (tertiary/aromatic N) is 2. The monoisotopic (exact) mass is 535 g/mol. The second-order valence-corrected chi connectivity index (χ2v) is 9.89. The van der Waals surface area contributed by atoms with E-state index in [1.807, 2.05) is 68.4 Å². The summed E-state index contributed by atoms with van der Waals surface area (Å²) in [5, 5.41) is 13.6. The number of amides is 2. The van der Waals surface area contributed by atoms with Crippen LogP contribution in [0.2, 0.25) is 0 Å². The van der Waals surface area contributed by atoms with E-state index in [2.05, 4.69) is 10.3 Å². The number of halogens is 2. The minimum absolute atomic E-state index is 0.0159. The van der Waals surface area contributed by atoms with Crippen LogP contribution < -0.4 is 15.0 Å². The molecule has 204 valence electrons. The van der Waals surface area contributed by atoms with Crippen LogP contribution in [0, 0.1) is 23.5 Å². The number of ether oxygens (including phenoxy) is 1. The van der Waals surface area contributed by atoms with E-state index in [1.165, 1.54) is 4.90 Å². The first kappa shape index (κ1) is 27.9. The van der Waals surface area contributed by atoms with Crippen LogP contribution in [0.15, 0.2) is 77.8 Å². The Morgan fingerprint density at radius 1 is 1.05 bits per heavy atom. The summed E-state index contributed by atoms with van der Waals surface area (Å²) in [5.74, 6) is -3.72. The number of carbonyl (C=O) groups excluding carboxylic acids is 2. The molecule has 2 N–H and O–H groups in total. The third-order valence-corrected chi connectivity index (χ3v) is 6.45. The number of nitrogens with one attached hydrogen (secondary N) is 1. The Labute approximate surface area is 226 Å². The Balaban J connectivity index is 1.60. The molecule has 9 heteroatoms. The summed E-state index contributed by atoms with van der Waals surface area (Å²) in [6, 6.07) is 19.4. The van der Waals surface area contributed by atoms with E-state index in [4.69, 9.17) is 4.74 Å². The summed E-state index contributed by atoms with van der Waals surface area (Å²) in [4.78, 5) is 33.1. The predicted molar refractivity (Wildman–Crippen MR) is 145 cm³/mol. The van der Waals surface area contributed by atoms with E-state index in [1.54, 1.807) is 7.05 Å². The van der Waals surface area contributed by atoms with E-state index in [0.29, 0.717) is 17.5 Å². The fourth-order valence-corrected chi connectivity index (χ4v) is 4.54. The second kappa shape index (κ2) is 12.2. The molecule has 0 bridgehead atoms. The zero-order valence-electron chi connectivity index (χ0n) is 22.0. The van der Waals surface area contributed by atoms with Crippen molar-refractivity contribution in [2.45, 2.75) is 32.5 Å². The van der Waals surface area contributed by atoms with Crippen molar-refractivity contribution in [2.75, 3.05) is 18.6 Å². The van der Waals surface area contributed by atoms with Gasteiger partial charge in [0.1, 0.15) is 24.0 Å². The minimum Gasteiger partial charge on any atom is -0.491 e. The quantitative estimate of drug-likeness (QED) is 0.427. The smallest absolute Gasteiger partial charge is 0.272 e. The maximum atomic E-state index is 13.5. The molecule has 0 radical (unpaired) electrons. The third kappa shape index (κ3) is 6.67. The van der Waals surface area contributed by atoms with Gasteiger partial charge in [0.15, 0.2) is 0 Å². The SMILES string of the molecule is CC(C)CC(C(=O)NC1N=C(c2ccccc2)c2ccccc2N(C)C1=O)C(O)COc1cc(F)cc(F)c1. The number of benzodiazepines with no additional fused rings is 1. The molecule has 3 aromatic carbocycles. The summed E-state index contributed by atoms with van der Waals surface area (Å²) in [6.07, 6.45) is -2.28. The van der Waals surface area contributed by atoms with Crippen LogP contribution >= 0.6 is 0 Å². The molecular formula is C30H31F2N3O4. The molecule has 0 saturated heterocycles. The van der Waals surface area contributed by atoms with E-state index < -0.39 is 41.6 Å². The van der Waals surface area contributed by atoms with Gasteiger partial charge in [0, 0.05) is 36.4 Å². The van der Waals surface area contributed by atoms with Crippen LogP contribution in [0.5, 0.6) is 5.75 Å². The Kier molecular flexibility index (Phi) is 8.71. The summed E-state index contributed by atoms with van der Waals surface area (Å²) in [7, 11) is 1.62.